The molecule has 2 aromatic carbocycles. The number of esters is 2. The monoisotopic (exact) mass is 413 g/mol. The highest BCUT2D eigenvalue weighted by atomic mass is 16.6. The van der Waals surface area contributed by atoms with Crippen LogP contribution >= 0.6 is 0 Å². The van der Waals surface area contributed by atoms with Crippen molar-refractivity contribution in [3.8, 4) is 0 Å². The summed E-state index contributed by atoms with van der Waals surface area (Å²) in [5.74, 6) is -1.15. The van der Waals surface area contributed by atoms with Crippen LogP contribution in [0.1, 0.15) is 37.8 Å². The van der Waals surface area contributed by atoms with E-state index in [1.54, 1.807) is 13.8 Å². The molecule has 160 valence electrons. The lowest BCUT2D eigenvalue weighted by molar-refractivity contribution is -0.160. The van der Waals surface area contributed by atoms with Crippen molar-refractivity contribution < 1.29 is 28.6 Å². The Hall–Kier alpha value is -3.35. The second-order valence-electron chi connectivity index (χ2n) is 7.17. The molecule has 0 aliphatic heterocycles. The van der Waals surface area contributed by atoms with Gasteiger partial charge < -0.3 is 19.5 Å². The minimum Gasteiger partial charge on any atom is -0.469 e. The van der Waals surface area contributed by atoms with E-state index >= 15 is 0 Å². The number of hydrogen-bond acceptors (Lipinski definition) is 6. The van der Waals surface area contributed by atoms with E-state index in [2.05, 4.69) is 10.1 Å². The van der Waals surface area contributed by atoms with Crippen molar-refractivity contribution in [2.45, 2.75) is 44.9 Å². The van der Waals surface area contributed by atoms with Crippen LogP contribution in [0.25, 0.3) is 0 Å². The molecule has 0 radical (unpaired) electrons. The second kappa shape index (κ2) is 11.0. The Morgan fingerprint density at radius 1 is 0.967 bits per heavy atom. The van der Waals surface area contributed by atoms with Gasteiger partial charge in [0, 0.05) is 6.42 Å². The Kier molecular flexibility index (Phi) is 8.41. The summed E-state index contributed by atoms with van der Waals surface area (Å²) in [4.78, 5) is 36.5. The summed E-state index contributed by atoms with van der Waals surface area (Å²) in [5.41, 5.74) is 0.695. The maximum atomic E-state index is 12.8. The smallest absolute Gasteiger partial charge is 0.408 e. The molecule has 0 aromatic heterocycles. The van der Waals surface area contributed by atoms with E-state index in [0.29, 0.717) is 0 Å². The largest absolute Gasteiger partial charge is 0.469 e. The number of hydrogen-bond donors (Lipinski definition) is 1. The van der Waals surface area contributed by atoms with Gasteiger partial charge in [0.2, 0.25) is 0 Å². The van der Waals surface area contributed by atoms with Crippen molar-refractivity contribution >= 4 is 18.0 Å². The third kappa shape index (κ3) is 7.24. The minimum absolute atomic E-state index is 0.0246. The zero-order valence-electron chi connectivity index (χ0n) is 17.4. The molecule has 0 fully saturated rings. The number of amides is 1. The molecule has 0 saturated heterocycles. The minimum atomic E-state index is -1.06. The molecule has 1 N–H and O–H groups in total. The van der Waals surface area contributed by atoms with Gasteiger partial charge in [0.15, 0.2) is 0 Å². The SMILES string of the molecule is COC(=O)CC[C@H](NC(=O)OCc1ccccc1)C(=O)OC(C)(C)c1ccccc1. The molecule has 0 saturated carbocycles. The van der Waals surface area contributed by atoms with Crippen molar-refractivity contribution in [1.29, 1.82) is 0 Å². The molecular formula is C23H27NO6. The molecular weight excluding hydrogens is 386 g/mol. The maximum absolute atomic E-state index is 12.8. The van der Waals surface area contributed by atoms with Crippen LogP contribution in [-0.4, -0.2) is 31.2 Å². The fraction of sp³-hybridized carbons (Fsp3) is 0.348. The van der Waals surface area contributed by atoms with Gasteiger partial charge in [-0.3, -0.25) is 4.79 Å². The molecule has 0 spiro atoms. The third-order valence-electron chi connectivity index (χ3n) is 4.48. The maximum Gasteiger partial charge on any atom is 0.408 e. The molecule has 1 amide bonds. The van der Waals surface area contributed by atoms with Crippen molar-refractivity contribution in [3.63, 3.8) is 0 Å². The Morgan fingerprint density at radius 3 is 2.17 bits per heavy atom. The van der Waals surface area contributed by atoms with Crippen LogP contribution in [0.15, 0.2) is 60.7 Å². The first-order valence-electron chi connectivity index (χ1n) is 9.64. The highest BCUT2D eigenvalue weighted by molar-refractivity contribution is 5.82. The Bertz CT molecular complexity index is 835. The standard InChI is InChI=1S/C23H27NO6/c1-23(2,18-12-8-5-9-13-18)30-21(26)19(14-15-20(25)28-3)24-22(27)29-16-17-10-6-4-7-11-17/h4-13,19H,14-16H2,1-3H3,(H,24,27)/t19-/m0/s1. The van der Waals surface area contributed by atoms with Crippen molar-refractivity contribution in [1.82, 2.24) is 5.32 Å². The summed E-state index contributed by atoms with van der Waals surface area (Å²) in [6.07, 6.45) is -0.805. The number of nitrogens with one attached hydrogen (secondary N) is 1. The molecule has 0 aliphatic rings. The van der Waals surface area contributed by atoms with Gasteiger partial charge in [-0.05, 0) is 31.4 Å². The van der Waals surface area contributed by atoms with E-state index in [1.807, 2.05) is 60.7 Å². The third-order valence-corrected chi connectivity index (χ3v) is 4.48. The highest BCUT2D eigenvalue weighted by Gasteiger charge is 2.31. The number of rotatable bonds is 9. The Balaban J connectivity index is 2.02. The average Bonchev–Trinajstić information content (AvgIpc) is 2.75. The molecule has 7 heteroatoms. The first-order valence-corrected chi connectivity index (χ1v) is 9.64. The summed E-state index contributed by atoms with van der Waals surface area (Å²) >= 11 is 0. The van der Waals surface area contributed by atoms with Crippen LogP contribution in [0.3, 0.4) is 0 Å². The molecule has 2 aromatic rings. The highest BCUT2D eigenvalue weighted by Crippen LogP contribution is 2.25. The summed E-state index contributed by atoms with van der Waals surface area (Å²) in [7, 11) is 1.26. The van der Waals surface area contributed by atoms with Crippen LogP contribution < -0.4 is 5.32 Å². The molecule has 0 bridgehead atoms. The number of methoxy groups -OCH3 is 1. The zero-order valence-corrected chi connectivity index (χ0v) is 17.4. The Labute approximate surface area is 176 Å². The van der Waals surface area contributed by atoms with Gasteiger partial charge in [-0.2, -0.15) is 0 Å². The number of benzene rings is 2. The van der Waals surface area contributed by atoms with E-state index in [0.717, 1.165) is 11.1 Å². The van der Waals surface area contributed by atoms with Gasteiger partial charge in [0.05, 0.1) is 7.11 Å². The lowest BCUT2D eigenvalue weighted by Crippen LogP contribution is -2.44. The van der Waals surface area contributed by atoms with Gasteiger partial charge in [0.25, 0.3) is 0 Å². The van der Waals surface area contributed by atoms with E-state index in [4.69, 9.17) is 9.47 Å². The van der Waals surface area contributed by atoms with Crippen LogP contribution in [0.4, 0.5) is 4.79 Å². The van der Waals surface area contributed by atoms with Gasteiger partial charge in [-0.1, -0.05) is 60.7 Å². The first-order chi connectivity index (χ1) is 14.3. The molecule has 30 heavy (non-hydrogen) atoms. The fourth-order valence-corrected chi connectivity index (χ4v) is 2.74. The molecule has 7 nitrogen and oxygen atoms in total. The van der Waals surface area contributed by atoms with Gasteiger partial charge in [0.1, 0.15) is 18.2 Å². The van der Waals surface area contributed by atoms with Gasteiger partial charge in [-0.15, -0.1) is 0 Å². The van der Waals surface area contributed by atoms with Crippen molar-refractivity contribution in [3.05, 3.63) is 71.8 Å². The normalized spacial score (nSPS) is 11.8. The molecule has 0 unspecified atom stereocenters. The predicted molar refractivity (Wildman–Crippen MR) is 110 cm³/mol. The van der Waals surface area contributed by atoms with Gasteiger partial charge in [-0.25, -0.2) is 9.59 Å². The molecule has 1 atom stereocenters. The van der Waals surface area contributed by atoms with Crippen LogP contribution in [-0.2, 0) is 36.0 Å². The Morgan fingerprint density at radius 2 is 1.57 bits per heavy atom. The van der Waals surface area contributed by atoms with E-state index < -0.39 is 29.7 Å². The van der Waals surface area contributed by atoms with Crippen molar-refractivity contribution in [2.24, 2.45) is 0 Å². The van der Waals surface area contributed by atoms with E-state index in [1.165, 1.54) is 7.11 Å². The van der Waals surface area contributed by atoms with E-state index in [-0.39, 0.29) is 19.4 Å². The first kappa shape index (κ1) is 22.9. The lowest BCUT2D eigenvalue weighted by atomic mass is 9.98. The van der Waals surface area contributed by atoms with E-state index in [9.17, 15) is 14.4 Å². The average molecular weight is 413 g/mol. The summed E-state index contributed by atoms with van der Waals surface area (Å²) < 4.78 is 15.5. The number of carbonyl (C=O) groups excluding carboxylic acids is 3. The van der Waals surface area contributed by atoms with Crippen molar-refractivity contribution in [2.75, 3.05) is 7.11 Å². The summed E-state index contributed by atoms with van der Waals surface area (Å²) in [6, 6.07) is 17.3. The molecule has 0 aliphatic carbocycles. The topological polar surface area (TPSA) is 90.9 Å². The van der Waals surface area contributed by atoms with Gasteiger partial charge >= 0.3 is 18.0 Å². The fourth-order valence-electron chi connectivity index (χ4n) is 2.74. The van der Waals surface area contributed by atoms with Crippen LogP contribution in [0.5, 0.6) is 0 Å². The number of carbonyl (C=O) groups is 3. The lowest BCUT2D eigenvalue weighted by Gasteiger charge is -2.28. The molecule has 2 rings (SSSR count). The zero-order chi connectivity index (χ0) is 22.0. The number of alkyl carbamates (subject to hydrolysis) is 1. The number of ether oxygens (including phenoxy) is 3. The summed E-state index contributed by atoms with van der Waals surface area (Å²) in [6.45, 7) is 3.57. The predicted octanol–water partition coefficient (Wildman–Crippen LogP) is 3.71. The second-order valence-corrected chi connectivity index (χ2v) is 7.17. The quantitative estimate of drug-likeness (QED) is 0.498. The molecule has 0 heterocycles. The van der Waals surface area contributed by atoms with Crippen LogP contribution in [0, 0.1) is 0 Å². The van der Waals surface area contributed by atoms with Crippen LogP contribution in [0.2, 0.25) is 0 Å². The summed E-state index contributed by atoms with van der Waals surface area (Å²) in [5, 5.41) is 2.50.